The average Bonchev–Trinajstić information content (AvgIpc) is 3.42. The molecule has 0 radical (unpaired) electrons. The molecular formula is C30H16BNOS. The van der Waals surface area contributed by atoms with Crippen molar-refractivity contribution in [2.45, 2.75) is 0 Å². The molecule has 2 aliphatic rings. The highest BCUT2D eigenvalue weighted by molar-refractivity contribution is 7.26. The molecule has 0 saturated heterocycles. The standard InChI is InChI=1S/C30H16BNOS/c1-4-11-21-17(8-1)28-27-18-9-2-6-15-25(18)34-26(27)16-20-30(28)32(21)22-12-7-14-24-29(22)31(20)19-10-3-5-13-23(19)33-24/h1-16H. The summed E-state index contributed by atoms with van der Waals surface area (Å²) >= 11 is 1.90. The van der Waals surface area contributed by atoms with Crippen LogP contribution in [0.25, 0.3) is 47.7 Å². The molecule has 156 valence electrons. The number of rotatable bonds is 0. The van der Waals surface area contributed by atoms with Gasteiger partial charge in [-0.15, -0.1) is 11.3 Å². The van der Waals surface area contributed by atoms with Crippen molar-refractivity contribution in [3.8, 4) is 17.2 Å². The van der Waals surface area contributed by atoms with Crippen molar-refractivity contribution in [1.29, 1.82) is 0 Å². The number of thiophene rings is 1. The zero-order chi connectivity index (χ0) is 22.0. The summed E-state index contributed by atoms with van der Waals surface area (Å²) in [5.41, 5.74) is 7.73. The Balaban J connectivity index is 1.60. The molecule has 4 heteroatoms. The highest BCUT2D eigenvalue weighted by atomic mass is 32.1. The van der Waals surface area contributed by atoms with E-state index >= 15 is 0 Å². The monoisotopic (exact) mass is 449 g/mol. The topological polar surface area (TPSA) is 14.2 Å². The molecule has 4 heterocycles. The van der Waals surface area contributed by atoms with E-state index in [2.05, 4.69) is 102 Å². The van der Waals surface area contributed by atoms with Crippen LogP contribution in [0.2, 0.25) is 0 Å². The van der Waals surface area contributed by atoms with E-state index in [-0.39, 0.29) is 6.71 Å². The third-order valence-corrected chi connectivity index (χ3v) is 8.76. The molecule has 5 aromatic carbocycles. The Kier molecular flexibility index (Phi) is 3.03. The predicted molar refractivity (Wildman–Crippen MR) is 145 cm³/mol. The van der Waals surface area contributed by atoms with Crippen LogP contribution in [0.1, 0.15) is 0 Å². The highest BCUT2D eigenvalue weighted by Gasteiger charge is 2.40. The van der Waals surface area contributed by atoms with Crippen molar-refractivity contribution >= 4 is 76.4 Å². The number of nitrogens with zero attached hydrogens (tertiary/aromatic N) is 1. The van der Waals surface area contributed by atoms with Crippen LogP contribution in [-0.2, 0) is 0 Å². The van der Waals surface area contributed by atoms with Crippen LogP contribution in [0, 0.1) is 0 Å². The van der Waals surface area contributed by atoms with E-state index in [0.29, 0.717) is 0 Å². The predicted octanol–water partition coefficient (Wildman–Crippen LogP) is 6.09. The van der Waals surface area contributed by atoms with Gasteiger partial charge < -0.3 is 9.30 Å². The smallest absolute Gasteiger partial charge is 0.256 e. The maximum Gasteiger partial charge on any atom is 0.256 e. The first-order valence-electron chi connectivity index (χ1n) is 11.7. The van der Waals surface area contributed by atoms with Gasteiger partial charge in [-0.05, 0) is 52.8 Å². The van der Waals surface area contributed by atoms with Crippen molar-refractivity contribution < 1.29 is 4.74 Å². The summed E-state index contributed by atoms with van der Waals surface area (Å²) in [6.45, 7) is 0.157. The van der Waals surface area contributed by atoms with Crippen molar-refractivity contribution in [3.05, 3.63) is 97.1 Å². The summed E-state index contributed by atoms with van der Waals surface area (Å²) in [4.78, 5) is 0. The SMILES string of the molecule is c1ccc2c(c1)Oc1cccc3c1B2c1cc2sc4ccccc4c2c2c4ccccc4n-3c12. The molecule has 0 atom stereocenters. The molecule has 0 spiro atoms. The fourth-order valence-corrected chi connectivity index (χ4v) is 7.55. The molecule has 0 N–H and O–H groups in total. The molecular weight excluding hydrogens is 433 g/mol. The fourth-order valence-electron chi connectivity index (χ4n) is 6.39. The molecule has 0 unspecified atom stereocenters. The van der Waals surface area contributed by atoms with Gasteiger partial charge in [0.1, 0.15) is 11.5 Å². The van der Waals surface area contributed by atoms with Gasteiger partial charge in [0.25, 0.3) is 6.71 Å². The van der Waals surface area contributed by atoms with Gasteiger partial charge >= 0.3 is 0 Å². The first-order valence-corrected chi connectivity index (χ1v) is 12.5. The molecule has 7 aromatic rings. The molecule has 0 amide bonds. The van der Waals surface area contributed by atoms with Gasteiger partial charge in [0, 0.05) is 36.6 Å². The number of benzene rings is 5. The Morgan fingerprint density at radius 3 is 2.41 bits per heavy atom. The largest absolute Gasteiger partial charge is 0.458 e. The van der Waals surface area contributed by atoms with Gasteiger partial charge in [-0.3, -0.25) is 0 Å². The minimum absolute atomic E-state index is 0.157. The zero-order valence-corrected chi connectivity index (χ0v) is 18.9. The first kappa shape index (κ1) is 17.5. The Morgan fingerprint density at radius 2 is 1.44 bits per heavy atom. The van der Waals surface area contributed by atoms with Gasteiger partial charge in [0.05, 0.1) is 11.0 Å². The van der Waals surface area contributed by atoms with Gasteiger partial charge in [-0.2, -0.15) is 0 Å². The van der Waals surface area contributed by atoms with Crippen LogP contribution in [0.3, 0.4) is 0 Å². The van der Waals surface area contributed by atoms with Gasteiger partial charge in [-0.25, -0.2) is 0 Å². The number of ether oxygens (including phenoxy) is 1. The van der Waals surface area contributed by atoms with E-state index in [1.165, 1.54) is 64.1 Å². The Bertz CT molecular complexity index is 2010. The summed E-state index contributed by atoms with van der Waals surface area (Å²) in [6, 6.07) is 35.2. The summed E-state index contributed by atoms with van der Waals surface area (Å²) in [5, 5.41) is 5.43. The molecule has 2 aromatic heterocycles. The third kappa shape index (κ3) is 1.92. The summed E-state index contributed by atoms with van der Waals surface area (Å²) < 4.78 is 11.6. The first-order chi connectivity index (χ1) is 16.9. The number of hydrogen-bond acceptors (Lipinski definition) is 2. The van der Waals surface area contributed by atoms with Crippen molar-refractivity contribution in [1.82, 2.24) is 4.57 Å². The molecule has 9 rings (SSSR count). The molecule has 0 saturated carbocycles. The van der Waals surface area contributed by atoms with Crippen LogP contribution in [-0.4, -0.2) is 11.3 Å². The van der Waals surface area contributed by atoms with Crippen molar-refractivity contribution in [2.75, 3.05) is 0 Å². The van der Waals surface area contributed by atoms with E-state index in [0.717, 1.165) is 11.5 Å². The lowest BCUT2D eigenvalue weighted by molar-refractivity contribution is 0.487. The molecule has 0 aliphatic carbocycles. The van der Waals surface area contributed by atoms with E-state index in [9.17, 15) is 0 Å². The van der Waals surface area contributed by atoms with Gasteiger partial charge in [0.2, 0.25) is 0 Å². The highest BCUT2D eigenvalue weighted by Crippen LogP contribution is 2.44. The third-order valence-electron chi connectivity index (χ3n) is 7.64. The minimum Gasteiger partial charge on any atom is -0.458 e. The number of para-hydroxylation sites is 2. The van der Waals surface area contributed by atoms with E-state index in [1.807, 2.05) is 11.3 Å². The van der Waals surface area contributed by atoms with Crippen LogP contribution < -0.4 is 21.1 Å². The average molecular weight is 449 g/mol. The Labute approximate surface area is 199 Å². The maximum absolute atomic E-state index is 6.45. The van der Waals surface area contributed by atoms with Gasteiger partial charge in [-0.1, -0.05) is 60.7 Å². The molecule has 0 fully saturated rings. The van der Waals surface area contributed by atoms with Gasteiger partial charge in [0.15, 0.2) is 0 Å². The molecule has 2 nitrogen and oxygen atoms in total. The number of fused-ring (bicyclic) bond motifs is 11. The van der Waals surface area contributed by atoms with Crippen LogP contribution in [0.5, 0.6) is 11.5 Å². The Morgan fingerprint density at radius 1 is 0.647 bits per heavy atom. The van der Waals surface area contributed by atoms with Crippen molar-refractivity contribution in [2.24, 2.45) is 0 Å². The quantitative estimate of drug-likeness (QED) is 0.256. The van der Waals surface area contributed by atoms with E-state index < -0.39 is 0 Å². The summed E-state index contributed by atoms with van der Waals surface area (Å²) in [6.07, 6.45) is 0. The zero-order valence-electron chi connectivity index (χ0n) is 18.1. The normalized spacial score (nSPS) is 13.5. The minimum atomic E-state index is 0.157. The second-order valence-electron chi connectivity index (χ2n) is 9.28. The lowest BCUT2D eigenvalue weighted by Gasteiger charge is -2.33. The van der Waals surface area contributed by atoms with Crippen LogP contribution in [0.4, 0.5) is 0 Å². The van der Waals surface area contributed by atoms with E-state index in [4.69, 9.17) is 4.74 Å². The van der Waals surface area contributed by atoms with Crippen LogP contribution in [0.15, 0.2) is 97.1 Å². The maximum atomic E-state index is 6.45. The number of hydrogen-bond donors (Lipinski definition) is 0. The molecule has 2 aliphatic heterocycles. The summed E-state index contributed by atoms with van der Waals surface area (Å²) in [5.74, 6) is 1.93. The lowest BCUT2D eigenvalue weighted by atomic mass is 9.34. The second-order valence-corrected chi connectivity index (χ2v) is 10.4. The lowest BCUT2D eigenvalue weighted by Crippen LogP contribution is -2.58. The summed E-state index contributed by atoms with van der Waals surface area (Å²) in [7, 11) is 0. The molecule has 0 bridgehead atoms. The fraction of sp³-hybridized carbons (Fsp3) is 0. The Hall–Kier alpha value is -4.02. The second kappa shape index (κ2) is 5.91. The molecule has 34 heavy (non-hydrogen) atoms. The number of aromatic nitrogens is 1. The van der Waals surface area contributed by atoms with Crippen LogP contribution >= 0.6 is 11.3 Å². The van der Waals surface area contributed by atoms with E-state index in [1.54, 1.807) is 0 Å². The van der Waals surface area contributed by atoms with Crippen molar-refractivity contribution in [3.63, 3.8) is 0 Å².